The number of ether oxygens (including phenoxy) is 1. The van der Waals surface area contributed by atoms with E-state index in [4.69, 9.17) is 4.74 Å². The lowest BCUT2D eigenvalue weighted by Crippen LogP contribution is -2.53. The van der Waals surface area contributed by atoms with Gasteiger partial charge in [-0.2, -0.15) is 10.5 Å². The van der Waals surface area contributed by atoms with Crippen LogP contribution in [-0.2, 0) is 14.3 Å². The van der Waals surface area contributed by atoms with Gasteiger partial charge in [0.25, 0.3) is 0 Å². The topological polar surface area (TPSA) is 109 Å². The molecule has 0 aromatic carbocycles. The maximum absolute atomic E-state index is 12.0. The Morgan fingerprint density at radius 1 is 1.26 bits per heavy atom. The van der Waals surface area contributed by atoms with E-state index in [0.717, 1.165) is 26.3 Å². The molecule has 1 N–H and O–H groups in total. The van der Waals surface area contributed by atoms with Crippen LogP contribution in [-0.4, -0.2) is 68.1 Å². The van der Waals surface area contributed by atoms with E-state index in [9.17, 15) is 20.1 Å². The number of likely N-dealkylation sites (N-methyl/N-ethyl adjacent to an activating group) is 1. The maximum Gasteiger partial charge on any atom is 0.243 e. The molecule has 1 unspecified atom stereocenters. The molecule has 2 amide bonds. The Morgan fingerprint density at radius 2 is 1.85 bits per heavy atom. The van der Waals surface area contributed by atoms with Crippen LogP contribution >= 0.6 is 12.6 Å². The largest absolute Gasteiger partial charge is 0.379 e. The highest BCUT2D eigenvalue weighted by Crippen LogP contribution is 2.48. The summed E-state index contributed by atoms with van der Waals surface area (Å²) in [6.45, 7) is 6.38. The summed E-state index contributed by atoms with van der Waals surface area (Å²) in [4.78, 5) is 27.3. The van der Waals surface area contributed by atoms with Crippen LogP contribution in [0.2, 0.25) is 0 Å². The van der Waals surface area contributed by atoms with Gasteiger partial charge in [0.15, 0.2) is 0 Å². The Hall–Kier alpha value is -2.07. The summed E-state index contributed by atoms with van der Waals surface area (Å²) in [6, 6.07) is 4.09. The lowest BCUT2D eigenvalue weighted by Gasteiger charge is -2.45. The summed E-state index contributed by atoms with van der Waals surface area (Å²) < 4.78 is 5.10. The van der Waals surface area contributed by atoms with E-state index in [-0.39, 0.29) is 10.9 Å². The average Bonchev–Trinajstić information content (AvgIpc) is 2.63. The van der Waals surface area contributed by atoms with Crippen molar-refractivity contribution in [2.24, 2.45) is 11.3 Å². The SMILES string of the molecule is CC(=O)N1CCC2(CC1)C(C#N)=C(S)NC(=O)C2C#N.CN1CCOCC1. The van der Waals surface area contributed by atoms with Gasteiger partial charge in [0.05, 0.1) is 36.0 Å². The first-order valence-electron chi connectivity index (χ1n) is 8.92. The molecule has 146 valence electrons. The second kappa shape index (κ2) is 9.23. The van der Waals surface area contributed by atoms with Gasteiger partial charge in [-0.3, -0.25) is 9.59 Å². The monoisotopic (exact) mass is 391 g/mol. The quantitative estimate of drug-likeness (QED) is 0.582. The second-order valence-corrected chi connectivity index (χ2v) is 7.41. The Balaban J connectivity index is 0.000000313. The molecule has 3 rings (SSSR count). The van der Waals surface area contributed by atoms with Gasteiger partial charge in [-0.05, 0) is 19.9 Å². The number of nitrogens with zero attached hydrogens (tertiary/aromatic N) is 4. The molecule has 1 atom stereocenters. The molecular weight excluding hydrogens is 366 g/mol. The summed E-state index contributed by atoms with van der Waals surface area (Å²) in [5.41, 5.74) is -0.482. The van der Waals surface area contributed by atoms with Gasteiger partial charge in [0.2, 0.25) is 11.8 Å². The van der Waals surface area contributed by atoms with Crippen molar-refractivity contribution in [3.8, 4) is 12.1 Å². The molecule has 3 aliphatic rings. The molecule has 9 heteroatoms. The molecule has 2 fully saturated rings. The van der Waals surface area contributed by atoms with Crippen LogP contribution in [0.25, 0.3) is 0 Å². The van der Waals surface area contributed by atoms with Crippen molar-refractivity contribution in [1.29, 1.82) is 10.5 Å². The van der Waals surface area contributed by atoms with Crippen LogP contribution in [0.4, 0.5) is 0 Å². The number of carbonyl (C=O) groups excluding carboxylic acids is 2. The van der Waals surface area contributed by atoms with Crippen LogP contribution in [0.3, 0.4) is 0 Å². The summed E-state index contributed by atoms with van der Waals surface area (Å²) in [5.74, 6) is -1.38. The van der Waals surface area contributed by atoms with Crippen molar-refractivity contribution >= 4 is 24.4 Å². The molecule has 2 saturated heterocycles. The van der Waals surface area contributed by atoms with E-state index < -0.39 is 17.2 Å². The Bertz CT molecular complexity index is 695. The van der Waals surface area contributed by atoms with Crippen molar-refractivity contribution in [3.63, 3.8) is 0 Å². The minimum Gasteiger partial charge on any atom is -0.379 e. The summed E-state index contributed by atoms with van der Waals surface area (Å²) in [7, 11) is 2.11. The van der Waals surface area contributed by atoms with Gasteiger partial charge in [-0.15, -0.1) is 12.6 Å². The number of hydrogen-bond donors (Lipinski definition) is 2. The molecule has 0 bridgehead atoms. The number of likely N-dealkylation sites (tertiary alicyclic amines) is 1. The Labute approximate surface area is 165 Å². The molecule has 0 radical (unpaired) electrons. The van der Waals surface area contributed by atoms with E-state index >= 15 is 0 Å². The van der Waals surface area contributed by atoms with Crippen LogP contribution in [0, 0.1) is 34.0 Å². The van der Waals surface area contributed by atoms with E-state index in [1.807, 2.05) is 6.07 Å². The first-order valence-corrected chi connectivity index (χ1v) is 9.36. The third-order valence-electron chi connectivity index (χ3n) is 5.37. The van der Waals surface area contributed by atoms with Crippen molar-refractivity contribution in [3.05, 3.63) is 10.6 Å². The van der Waals surface area contributed by atoms with Gasteiger partial charge in [-0.25, -0.2) is 0 Å². The number of allylic oxidation sites excluding steroid dienone is 1. The fourth-order valence-electron chi connectivity index (χ4n) is 3.64. The number of amides is 2. The number of morpholine rings is 1. The highest BCUT2D eigenvalue weighted by atomic mass is 32.1. The number of carbonyl (C=O) groups is 2. The molecule has 0 saturated carbocycles. The molecule has 8 nitrogen and oxygen atoms in total. The van der Waals surface area contributed by atoms with Crippen molar-refractivity contribution in [2.45, 2.75) is 19.8 Å². The number of thiol groups is 1. The zero-order chi connectivity index (χ0) is 20.0. The number of nitrogens with one attached hydrogen (secondary N) is 1. The van der Waals surface area contributed by atoms with E-state index in [0.29, 0.717) is 31.5 Å². The number of hydrogen-bond acceptors (Lipinski definition) is 7. The Kier molecular flexibility index (Phi) is 7.25. The summed E-state index contributed by atoms with van der Waals surface area (Å²) >= 11 is 4.16. The molecule has 1 spiro atoms. The molecule has 0 aliphatic carbocycles. The van der Waals surface area contributed by atoms with Crippen LogP contribution in [0.5, 0.6) is 0 Å². The highest BCUT2D eigenvalue weighted by molar-refractivity contribution is 7.84. The fourth-order valence-corrected chi connectivity index (χ4v) is 4.03. The van der Waals surface area contributed by atoms with Gasteiger partial charge in [0.1, 0.15) is 5.92 Å². The first-order chi connectivity index (χ1) is 12.9. The lowest BCUT2D eigenvalue weighted by atomic mass is 9.63. The molecule has 3 aliphatic heterocycles. The summed E-state index contributed by atoms with van der Waals surface area (Å²) in [6.07, 6.45) is 0.844. The minimum atomic E-state index is -0.915. The smallest absolute Gasteiger partial charge is 0.243 e. The van der Waals surface area contributed by atoms with E-state index in [1.165, 1.54) is 6.92 Å². The highest BCUT2D eigenvalue weighted by Gasteiger charge is 2.52. The lowest BCUT2D eigenvalue weighted by molar-refractivity contribution is -0.132. The zero-order valence-electron chi connectivity index (χ0n) is 15.7. The average molecular weight is 391 g/mol. The Morgan fingerprint density at radius 3 is 2.26 bits per heavy atom. The number of rotatable bonds is 0. The standard InChI is InChI=1S/C13H14N4O2S.C5H11NO/c1-8(18)17-4-2-13(3-5-17)9(6-14)11(19)16-12(20)10(13)7-15;1-6-2-4-7-5-3-6/h9,20H,2-5H2,1H3,(H,16,19);2-5H2,1H3. The molecule has 3 heterocycles. The van der Waals surface area contributed by atoms with E-state index in [2.05, 4.69) is 36.0 Å². The molecule has 27 heavy (non-hydrogen) atoms. The van der Waals surface area contributed by atoms with Gasteiger partial charge in [-0.1, -0.05) is 0 Å². The van der Waals surface area contributed by atoms with Crippen LogP contribution < -0.4 is 5.32 Å². The predicted octanol–water partition coefficient (Wildman–Crippen LogP) is 0.498. The summed E-state index contributed by atoms with van der Waals surface area (Å²) in [5, 5.41) is 21.3. The van der Waals surface area contributed by atoms with Gasteiger partial charge in [0, 0.05) is 38.5 Å². The second-order valence-electron chi connectivity index (χ2n) is 6.96. The number of nitriles is 2. The zero-order valence-corrected chi connectivity index (χ0v) is 16.6. The molecular formula is C18H25N5O3S. The third-order valence-corrected chi connectivity index (χ3v) is 5.70. The van der Waals surface area contributed by atoms with Gasteiger partial charge >= 0.3 is 0 Å². The number of piperidine rings is 1. The third kappa shape index (κ3) is 4.62. The fraction of sp³-hybridized carbons (Fsp3) is 0.667. The maximum atomic E-state index is 12.0. The van der Waals surface area contributed by atoms with Gasteiger partial charge < -0.3 is 19.9 Å². The van der Waals surface area contributed by atoms with Crippen LogP contribution in [0.15, 0.2) is 10.6 Å². The van der Waals surface area contributed by atoms with Crippen molar-refractivity contribution in [1.82, 2.24) is 15.1 Å². The van der Waals surface area contributed by atoms with Crippen molar-refractivity contribution in [2.75, 3.05) is 46.4 Å². The molecule has 0 aromatic heterocycles. The normalized spacial score (nSPS) is 25.0. The van der Waals surface area contributed by atoms with Crippen molar-refractivity contribution < 1.29 is 14.3 Å². The predicted molar refractivity (Wildman–Crippen MR) is 101 cm³/mol. The minimum absolute atomic E-state index is 0.0396. The van der Waals surface area contributed by atoms with Crippen LogP contribution in [0.1, 0.15) is 19.8 Å². The van der Waals surface area contributed by atoms with E-state index in [1.54, 1.807) is 4.90 Å². The molecule has 0 aromatic rings. The first kappa shape index (κ1) is 21.2.